The number of hydrogen-bond donors (Lipinski definition) is 3. The van der Waals surface area contributed by atoms with Gasteiger partial charge in [0.15, 0.2) is 11.5 Å². The molecular weight excluding hydrogens is 196 g/mol. The van der Waals surface area contributed by atoms with Gasteiger partial charge < -0.3 is 20.7 Å². The van der Waals surface area contributed by atoms with Crippen LogP contribution in [0.2, 0.25) is 0 Å². The van der Waals surface area contributed by atoms with Crippen molar-refractivity contribution < 1.29 is 14.9 Å². The van der Waals surface area contributed by atoms with Crippen LogP contribution in [0.15, 0.2) is 12.1 Å². The van der Waals surface area contributed by atoms with Crippen molar-refractivity contribution in [3.8, 4) is 17.6 Å². The van der Waals surface area contributed by atoms with Crippen molar-refractivity contribution in [3.63, 3.8) is 0 Å². The van der Waals surface area contributed by atoms with Crippen LogP contribution < -0.4 is 10.5 Å². The third-order valence-corrected chi connectivity index (χ3v) is 2.04. The van der Waals surface area contributed by atoms with E-state index in [1.807, 2.05) is 6.07 Å². The van der Waals surface area contributed by atoms with Crippen molar-refractivity contribution in [1.29, 1.82) is 5.26 Å². The maximum Gasteiger partial charge on any atom is 0.178 e. The largest absolute Gasteiger partial charge is 0.504 e. The molecule has 0 aliphatic carbocycles. The Morgan fingerprint density at radius 3 is 2.73 bits per heavy atom. The number of benzene rings is 1. The zero-order chi connectivity index (χ0) is 11.4. The van der Waals surface area contributed by atoms with E-state index >= 15 is 0 Å². The first-order valence-electron chi connectivity index (χ1n) is 4.31. The van der Waals surface area contributed by atoms with Gasteiger partial charge in [-0.3, -0.25) is 0 Å². The zero-order valence-electron chi connectivity index (χ0n) is 8.27. The minimum atomic E-state index is -0.617. The van der Waals surface area contributed by atoms with Crippen LogP contribution in [0, 0.1) is 11.3 Å². The van der Waals surface area contributed by atoms with Crippen molar-refractivity contribution in [1.82, 2.24) is 0 Å². The van der Waals surface area contributed by atoms with Crippen LogP contribution in [0.3, 0.4) is 0 Å². The molecule has 1 atom stereocenters. The van der Waals surface area contributed by atoms with E-state index in [4.69, 9.17) is 20.8 Å². The molecule has 0 saturated carbocycles. The SMILES string of the molecule is COc1c(O)cc(C(N)CO)cc1C#N. The van der Waals surface area contributed by atoms with Gasteiger partial charge in [0.1, 0.15) is 6.07 Å². The average molecular weight is 208 g/mol. The molecule has 0 radical (unpaired) electrons. The second kappa shape index (κ2) is 4.64. The monoisotopic (exact) mass is 208 g/mol. The highest BCUT2D eigenvalue weighted by atomic mass is 16.5. The minimum absolute atomic E-state index is 0.117. The molecule has 0 aromatic heterocycles. The van der Waals surface area contributed by atoms with Gasteiger partial charge in [-0.1, -0.05) is 0 Å². The van der Waals surface area contributed by atoms with Crippen LogP contribution in [0.5, 0.6) is 11.5 Å². The Labute approximate surface area is 87.3 Å². The number of nitrogens with zero attached hydrogens (tertiary/aromatic N) is 1. The molecule has 4 N–H and O–H groups in total. The van der Waals surface area contributed by atoms with Gasteiger partial charge in [0, 0.05) is 0 Å². The first-order chi connectivity index (χ1) is 7.13. The van der Waals surface area contributed by atoms with Gasteiger partial charge in [0.25, 0.3) is 0 Å². The Morgan fingerprint density at radius 2 is 2.27 bits per heavy atom. The molecular formula is C10H12N2O3. The predicted molar refractivity (Wildman–Crippen MR) is 53.4 cm³/mol. The lowest BCUT2D eigenvalue weighted by molar-refractivity contribution is 0.267. The summed E-state index contributed by atoms with van der Waals surface area (Å²) in [6.45, 7) is -0.253. The first-order valence-corrected chi connectivity index (χ1v) is 4.31. The molecule has 0 spiro atoms. The molecule has 1 unspecified atom stereocenters. The molecule has 1 rings (SSSR count). The van der Waals surface area contributed by atoms with Crippen LogP contribution >= 0.6 is 0 Å². The Kier molecular flexibility index (Phi) is 3.50. The van der Waals surface area contributed by atoms with Crippen LogP contribution in [0.1, 0.15) is 17.2 Å². The highest BCUT2D eigenvalue weighted by molar-refractivity contribution is 5.54. The second-order valence-corrected chi connectivity index (χ2v) is 3.02. The van der Waals surface area contributed by atoms with Crippen molar-refractivity contribution in [3.05, 3.63) is 23.3 Å². The highest BCUT2D eigenvalue weighted by Crippen LogP contribution is 2.32. The van der Waals surface area contributed by atoms with Gasteiger partial charge >= 0.3 is 0 Å². The summed E-state index contributed by atoms with van der Waals surface area (Å²) in [5.74, 6) is -0.0400. The molecule has 0 fully saturated rings. The number of rotatable bonds is 3. The van der Waals surface area contributed by atoms with Crippen molar-refractivity contribution in [2.45, 2.75) is 6.04 Å². The topological polar surface area (TPSA) is 99.5 Å². The van der Waals surface area contributed by atoms with E-state index in [2.05, 4.69) is 0 Å². The van der Waals surface area contributed by atoms with Crippen molar-refractivity contribution in [2.24, 2.45) is 5.73 Å². The van der Waals surface area contributed by atoms with E-state index in [9.17, 15) is 5.11 Å². The normalized spacial score (nSPS) is 11.9. The number of phenolic OH excluding ortho intramolecular Hbond substituents is 1. The van der Waals surface area contributed by atoms with E-state index in [1.54, 1.807) is 0 Å². The number of aromatic hydroxyl groups is 1. The fraction of sp³-hybridized carbons (Fsp3) is 0.300. The fourth-order valence-electron chi connectivity index (χ4n) is 1.25. The van der Waals surface area contributed by atoms with Gasteiger partial charge in [-0.05, 0) is 17.7 Å². The molecule has 0 aliphatic heterocycles. The van der Waals surface area contributed by atoms with E-state index in [0.29, 0.717) is 5.56 Å². The summed E-state index contributed by atoms with van der Waals surface area (Å²) in [5, 5.41) is 27.2. The van der Waals surface area contributed by atoms with E-state index in [1.165, 1.54) is 19.2 Å². The highest BCUT2D eigenvalue weighted by Gasteiger charge is 2.13. The Morgan fingerprint density at radius 1 is 1.60 bits per heavy atom. The number of aliphatic hydroxyl groups excluding tert-OH is 1. The summed E-state index contributed by atoms with van der Waals surface area (Å²) >= 11 is 0. The molecule has 15 heavy (non-hydrogen) atoms. The third kappa shape index (κ3) is 2.18. The molecule has 80 valence electrons. The molecule has 0 heterocycles. The Balaban J connectivity index is 3.27. The van der Waals surface area contributed by atoms with Gasteiger partial charge in [-0.2, -0.15) is 5.26 Å². The smallest absolute Gasteiger partial charge is 0.178 e. The first kappa shape index (κ1) is 11.3. The lowest BCUT2D eigenvalue weighted by Gasteiger charge is -2.12. The number of nitrogens with two attached hydrogens (primary N) is 1. The average Bonchev–Trinajstić information content (AvgIpc) is 2.26. The maximum atomic E-state index is 9.53. The summed E-state index contributed by atoms with van der Waals surface area (Å²) < 4.78 is 4.86. The second-order valence-electron chi connectivity index (χ2n) is 3.02. The van der Waals surface area contributed by atoms with E-state index < -0.39 is 6.04 Å². The number of hydrogen-bond acceptors (Lipinski definition) is 5. The summed E-state index contributed by atoms with van der Waals surface area (Å²) in [7, 11) is 1.36. The summed E-state index contributed by atoms with van der Waals surface area (Å²) in [6, 6.07) is 4.13. The van der Waals surface area contributed by atoms with Gasteiger partial charge in [-0.25, -0.2) is 0 Å². The quantitative estimate of drug-likeness (QED) is 0.661. The molecule has 0 bridgehead atoms. The summed E-state index contributed by atoms with van der Waals surface area (Å²) in [4.78, 5) is 0. The molecule has 0 saturated heterocycles. The van der Waals surface area contributed by atoms with E-state index in [-0.39, 0.29) is 23.7 Å². The van der Waals surface area contributed by atoms with Crippen molar-refractivity contribution >= 4 is 0 Å². The van der Waals surface area contributed by atoms with Crippen LogP contribution in [0.4, 0.5) is 0 Å². The van der Waals surface area contributed by atoms with Crippen LogP contribution in [-0.4, -0.2) is 23.9 Å². The lowest BCUT2D eigenvalue weighted by Crippen LogP contribution is -2.14. The number of nitriles is 1. The lowest BCUT2D eigenvalue weighted by atomic mass is 10.0. The summed E-state index contributed by atoms with van der Waals surface area (Å²) in [6.07, 6.45) is 0. The van der Waals surface area contributed by atoms with Crippen LogP contribution in [-0.2, 0) is 0 Å². The molecule has 5 heteroatoms. The number of aliphatic hydroxyl groups is 1. The fourth-order valence-corrected chi connectivity index (χ4v) is 1.25. The van der Waals surface area contributed by atoms with Crippen molar-refractivity contribution in [2.75, 3.05) is 13.7 Å². The Bertz CT molecular complexity index is 398. The van der Waals surface area contributed by atoms with Gasteiger partial charge in [0.2, 0.25) is 0 Å². The molecule has 5 nitrogen and oxygen atoms in total. The molecule has 1 aromatic carbocycles. The number of ether oxygens (including phenoxy) is 1. The van der Waals surface area contributed by atoms with Crippen LogP contribution in [0.25, 0.3) is 0 Å². The Hall–Kier alpha value is -1.77. The molecule has 0 amide bonds. The van der Waals surface area contributed by atoms with Gasteiger partial charge in [0.05, 0.1) is 25.3 Å². The molecule has 0 aliphatic rings. The number of phenols is 1. The maximum absolute atomic E-state index is 9.53. The minimum Gasteiger partial charge on any atom is -0.504 e. The third-order valence-electron chi connectivity index (χ3n) is 2.04. The summed E-state index contributed by atoms with van der Waals surface area (Å²) in [5.41, 5.74) is 6.25. The van der Waals surface area contributed by atoms with Gasteiger partial charge in [-0.15, -0.1) is 0 Å². The standard InChI is InChI=1S/C10H12N2O3/c1-15-10-7(4-11)2-6(3-9(10)14)8(12)5-13/h2-3,8,13-14H,5,12H2,1H3. The zero-order valence-corrected chi connectivity index (χ0v) is 8.27. The number of methoxy groups -OCH3 is 1. The van der Waals surface area contributed by atoms with E-state index in [0.717, 1.165) is 0 Å². The predicted octanol–water partition coefficient (Wildman–Crippen LogP) is 0.265. The molecule has 1 aromatic rings.